The summed E-state index contributed by atoms with van der Waals surface area (Å²) in [5.41, 5.74) is 0.738. The number of aromatic nitrogens is 2. The van der Waals surface area contributed by atoms with E-state index in [2.05, 4.69) is 43.6 Å². The Labute approximate surface area is 125 Å². The van der Waals surface area contributed by atoms with Crippen LogP contribution in [0.5, 0.6) is 0 Å². The third kappa shape index (κ3) is 3.29. The van der Waals surface area contributed by atoms with E-state index in [1.807, 2.05) is 12.1 Å². The lowest BCUT2D eigenvalue weighted by Crippen LogP contribution is -2.22. The zero-order valence-corrected chi connectivity index (χ0v) is 13.0. The summed E-state index contributed by atoms with van der Waals surface area (Å²) in [5, 5.41) is 4.68. The van der Waals surface area contributed by atoms with Crippen LogP contribution in [-0.2, 0) is 6.54 Å². The summed E-state index contributed by atoms with van der Waals surface area (Å²) in [7, 11) is 0. The Morgan fingerprint density at radius 1 is 1.41 bits per heavy atom. The monoisotopic (exact) mass is 424 g/mol. The Bertz CT molecular complexity index is 615. The average molecular weight is 425 g/mol. The van der Waals surface area contributed by atoms with Gasteiger partial charge in [0.05, 0.1) is 12.7 Å². The van der Waals surface area contributed by atoms with Crippen molar-refractivity contribution in [1.29, 1.82) is 0 Å². The highest BCUT2D eigenvalue weighted by atomic mass is 127. The van der Waals surface area contributed by atoms with Crippen molar-refractivity contribution in [3.05, 3.63) is 59.4 Å². The standard InChI is InChI=1S/C11H7BrClIN2O/c12-8-2-1-7(10(13)3-8)6-16-11(17)4-9(14)5-15-16/h1-5H,6H2. The third-order valence-electron chi connectivity index (χ3n) is 2.17. The molecule has 0 N–H and O–H groups in total. The predicted molar refractivity (Wildman–Crippen MR) is 79.5 cm³/mol. The van der Waals surface area contributed by atoms with Crippen LogP contribution in [0.1, 0.15) is 5.56 Å². The topological polar surface area (TPSA) is 34.9 Å². The molecule has 0 radical (unpaired) electrons. The van der Waals surface area contributed by atoms with Crippen LogP contribution in [0, 0.1) is 3.57 Å². The summed E-state index contributed by atoms with van der Waals surface area (Å²) in [4.78, 5) is 11.7. The van der Waals surface area contributed by atoms with Crippen LogP contribution in [-0.4, -0.2) is 9.78 Å². The van der Waals surface area contributed by atoms with Gasteiger partial charge in [0, 0.05) is 19.1 Å². The van der Waals surface area contributed by atoms with Gasteiger partial charge in [0.15, 0.2) is 0 Å². The number of hydrogen-bond donors (Lipinski definition) is 0. The Balaban J connectivity index is 2.35. The second kappa shape index (κ2) is 5.49. The summed E-state index contributed by atoms with van der Waals surface area (Å²) < 4.78 is 3.12. The first-order valence-corrected chi connectivity index (χ1v) is 6.98. The highest BCUT2D eigenvalue weighted by Gasteiger charge is 2.04. The SMILES string of the molecule is O=c1cc(I)cnn1Cc1ccc(Br)cc1Cl. The van der Waals surface area contributed by atoms with Crippen molar-refractivity contribution in [3.8, 4) is 0 Å². The second-order valence-electron chi connectivity index (χ2n) is 3.41. The molecule has 0 bridgehead atoms. The largest absolute Gasteiger partial charge is 0.268 e. The van der Waals surface area contributed by atoms with Gasteiger partial charge in [-0.15, -0.1) is 0 Å². The summed E-state index contributed by atoms with van der Waals surface area (Å²) in [5.74, 6) is 0. The number of halogens is 3. The van der Waals surface area contributed by atoms with Crippen LogP contribution in [0.2, 0.25) is 5.02 Å². The van der Waals surface area contributed by atoms with E-state index in [-0.39, 0.29) is 5.56 Å². The molecule has 0 spiro atoms. The molecule has 2 aromatic rings. The van der Waals surface area contributed by atoms with Crippen molar-refractivity contribution >= 4 is 50.1 Å². The Kier molecular flexibility index (Phi) is 4.22. The first-order valence-electron chi connectivity index (χ1n) is 4.73. The second-order valence-corrected chi connectivity index (χ2v) is 5.97. The molecule has 1 aromatic carbocycles. The lowest BCUT2D eigenvalue weighted by Gasteiger charge is -2.06. The minimum absolute atomic E-state index is 0.129. The van der Waals surface area contributed by atoms with E-state index < -0.39 is 0 Å². The molecule has 0 saturated heterocycles. The van der Waals surface area contributed by atoms with Gasteiger partial charge < -0.3 is 0 Å². The van der Waals surface area contributed by atoms with Crippen molar-refractivity contribution < 1.29 is 0 Å². The highest BCUT2D eigenvalue weighted by Crippen LogP contribution is 2.21. The third-order valence-corrected chi connectivity index (χ3v) is 3.61. The molecule has 1 heterocycles. The zero-order chi connectivity index (χ0) is 12.4. The summed E-state index contributed by atoms with van der Waals surface area (Å²) >= 11 is 11.5. The molecular formula is C11H7BrClIN2O. The maximum absolute atomic E-state index is 11.7. The number of rotatable bonds is 2. The van der Waals surface area contributed by atoms with E-state index in [9.17, 15) is 4.79 Å². The normalized spacial score (nSPS) is 10.5. The van der Waals surface area contributed by atoms with Crippen LogP contribution in [0.4, 0.5) is 0 Å². The van der Waals surface area contributed by atoms with Crippen molar-refractivity contribution in [3.63, 3.8) is 0 Å². The Morgan fingerprint density at radius 3 is 2.82 bits per heavy atom. The van der Waals surface area contributed by atoms with Gasteiger partial charge in [0.25, 0.3) is 5.56 Å². The van der Waals surface area contributed by atoms with Crippen molar-refractivity contribution in [2.45, 2.75) is 6.54 Å². The fraction of sp³-hybridized carbons (Fsp3) is 0.0909. The van der Waals surface area contributed by atoms with Crippen molar-refractivity contribution in [2.24, 2.45) is 0 Å². The molecule has 0 unspecified atom stereocenters. The molecular weight excluding hydrogens is 418 g/mol. The lowest BCUT2D eigenvalue weighted by atomic mass is 10.2. The molecule has 1 aromatic heterocycles. The van der Waals surface area contributed by atoms with Gasteiger partial charge in [-0.2, -0.15) is 5.10 Å². The molecule has 6 heteroatoms. The van der Waals surface area contributed by atoms with Gasteiger partial charge in [-0.05, 0) is 40.3 Å². The molecule has 2 rings (SSSR count). The van der Waals surface area contributed by atoms with Crippen LogP contribution < -0.4 is 5.56 Å². The molecule has 88 valence electrons. The molecule has 0 fully saturated rings. The van der Waals surface area contributed by atoms with E-state index in [1.54, 1.807) is 18.3 Å². The molecule has 3 nitrogen and oxygen atoms in total. The lowest BCUT2D eigenvalue weighted by molar-refractivity contribution is 0.636. The molecule has 17 heavy (non-hydrogen) atoms. The fourth-order valence-corrected chi connectivity index (χ4v) is 2.47. The van der Waals surface area contributed by atoms with Crippen LogP contribution in [0.15, 0.2) is 39.7 Å². The average Bonchev–Trinajstić information content (AvgIpc) is 2.25. The van der Waals surface area contributed by atoms with E-state index in [0.717, 1.165) is 13.6 Å². The van der Waals surface area contributed by atoms with E-state index >= 15 is 0 Å². The molecule has 0 atom stereocenters. The van der Waals surface area contributed by atoms with Crippen LogP contribution >= 0.6 is 50.1 Å². The van der Waals surface area contributed by atoms with Gasteiger partial charge in [-0.1, -0.05) is 33.6 Å². The minimum atomic E-state index is -0.129. The Hall–Kier alpha value is -0.400. The fourth-order valence-electron chi connectivity index (χ4n) is 1.34. The zero-order valence-electron chi connectivity index (χ0n) is 8.53. The summed E-state index contributed by atoms with van der Waals surface area (Å²) in [6.07, 6.45) is 1.65. The van der Waals surface area contributed by atoms with Gasteiger partial charge in [0.1, 0.15) is 0 Å². The molecule has 0 saturated carbocycles. The van der Waals surface area contributed by atoms with Gasteiger partial charge in [-0.25, -0.2) is 4.68 Å². The number of nitrogens with zero attached hydrogens (tertiary/aromatic N) is 2. The molecule has 0 aliphatic heterocycles. The van der Waals surface area contributed by atoms with Crippen LogP contribution in [0.25, 0.3) is 0 Å². The van der Waals surface area contributed by atoms with E-state index in [1.165, 1.54) is 4.68 Å². The van der Waals surface area contributed by atoms with E-state index in [0.29, 0.717) is 11.6 Å². The van der Waals surface area contributed by atoms with Gasteiger partial charge in [0.2, 0.25) is 0 Å². The summed E-state index contributed by atoms with van der Waals surface area (Å²) in [6.45, 7) is 0.377. The first kappa shape index (κ1) is 13.0. The summed E-state index contributed by atoms with van der Waals surface area (Å²) in [6, 6.07) is 7.10. The molecule has 0 aliphatic carbocycles. The van der Waals surface area contributed by atoms with Crippen molar-refractivity contribution in [2.75, 3.05) is 0 Å². The van der Waals surface area contributed by atoms with Crippen LogP contribution in [0.3, 0.4) is 0 Å². The van der Waals surface area contributed by atoms with Crippen molar-refractivity contribution in [1.82, 2.24) is 9.78 Å². The molecule has 0 aliphatic rings. The van der Waals surface area contributed by atoms with Gasteiger partial charge in [-0.3, -0.25) is 4.79 Å². The Morgan fingerprint density at radius 2 is 2.18 bits per heavy atom. The van der Waals surface area contributed by atoms with E-state index in [4.69, 9.17) is 11.6 Å². The maximum atomic E-state index is 11.7. The number of benzene rings is 1. The molecule has 0 amide bonds. The quantitative estimate of drug-likeness (QED) is 0.692. The predicted octanol–water partition coefficient (Wildman–Crippen LogP) is 3.31. The maximum Gasteiger partial charge on any atom is 0.268 e. The highest BCUT2D eigenvalue weighted by molar-refractivity contribution is 14.1. The smallest absolute Gasteiger partial charge is 0.268 e. The number of hydrogen-bond acceptors (Lipinski definition) is 2. The first-order chi connectivity index (χ1) is 8.06. The minimum Gasteiger partial charge on any atom is -0.268 e. The van der Waals surface area contributed by atoms with Gasteiger partial charge >= 0.3 is 0 Å².